The standard InChI is InChI=1S/C14H22FN3O2S/c1-16-10-12-4-3-9-18(11-12)21(19,20)17(2)14-7-5-13(15)6-8-14/h5-8,12,16H,3-4,9-11H2,1-2H3. The second kappa shape index (κ2) is 6.72. The van der Waals surface area contributed by atoms with Crippen LogP contribution in [0.25, 0.3) is 0 Å². The molecule has 0 saturated carbocycles. The van der Waals surface area contributed by atoms with Gasteiger partial charge in [0.05, 0.1) is 5.69 Å². The van der Waals surface area contributed by atoms with Crippen LogP contribution in [0.5, 0.6) is 0 Å². The topological polar surface area (TPSA) is 52.7 Å². The summed E-state index contributed by atoms with van der Waals surface area (Å²) < 4.78 is 41.0. The Bertz CT molecular complexity index is 560. The molecule has 1 N–H and O–H groups in total. The summed E-state index contributed by atoms with van der Waals surface area (Å²) in [5.41, 5.74) is 0.465. The largest absolute Gasteiger partial charge is 0.319 e. The highest BCUT2D eigenvalue weighted by atomic mass is 32.2. The minimum Gasteiger partial charge on any atom is -0.319 e. The normalized spacial score (nSPS) is 20.4. The molecule has 1 aliphatic rings. The van der Waals surface area contributed by atoms with Crippen molar-refractivity contribution in [1.29, 1.82) is 0 Å². The van der Waals surface area contributed by atoms with Crippen molar-refractivity contribution in [2.24, 2.45) is 5.92 Å². The van der Waals surface area contributed by atoms with Crippen molar-refractivity contribution in [3.63, 3.8) is 0 Å². The second-order valence-corrected chi connectivity index (χ2v) is 7.34. The van der Waals surface area contributed by atoms with Crippen molar-refractivity contribution in [3.05, 3.63) is 30.1 Å². The smallest absolute Gasteiger partial charge is 0.303 e. The van der Waals surface area contributed by atoms with E-state index in [0.717, 1.165) is 19.4 Å². The van der Waals surface area contributed by atoms with Gasteiger partial charge in [0.2, 0.25) is 0 Å². The maximum Gasteiger partial charge on any atom is 0.303 e. The average Bonchev–Trinajstić information content (AvgIpc) is 2.48. The summed E-state index contributed by atoms with van der Waals surface area (Å²) in [6, 6.07) is 5.48. The van der Waals surface area contributed by atoms with E-state index in [4.69, 9.17) is 0 Å². The van der Waals surface area contributed by atoms with Gasteiger partial charge in [0.25, 0.3) is 0 Å². The summed E-state index contributed by atoms with van der Waals surface area (Å²) >= 11 is 0. The molecule has 0 aliphatic carbocycles. The second-order valence-electron chi connectivity index (χ2n) is 5.38. The molecule has 1 unspecified atom stereocenters. The number of nitrogens with zero attached hydrogens (tertiary/aromatic N) is 2. The highest BCUT2D eigenvalue weighted by Crippen LogP contribution is 2.24. The first-order valence-electron chi connectivity index (χ1n) is 7.09. The van der Waals surface area contributed by atoms with Crippen LogP contribution in [0.1, 0.15) is 12.8 Å². The molecule has 0 aromatic heterocycles. The molecule has 1 saturated heterocycles. The Kier molecular flexibility index (Phi) is 5.18. The fourth-order valence-electron chi connectivity index (χ4n) is 2.65. The highest BCUT2D eigenvalue weighted by Gasteiger charge is 2.31. The molecule has 1 aliphatic heterocycles. The number of rotatable bonds is 5. The van der Waals surface area contributed by atoms with Gasteiger partial charge in [0.15, 0.2) is 0 Å². The van der Waals surface area contributed by atoms with Gasteiger partial charge in [-0.05, 0) is 56.6 Å². The summed E-state index contributed by atoms with van der Waals surface area (Å²) in [6.45, 7) is 1.87. The maximum atomic E-state index is 13.0. The monoisotopic (exact) mass is 315 g/mol. The zero-order valence-corrected chi connectivity index (χ0v) is 13.2. The van der Waals surface area contributed by atoms with Crippen molar-refractivity contribution >= 4 is 15.9 Å². The predicted molar refractivity (Wildman–Crippen MR) is 81.9 cm³/mol. The number of benzene rings is 1. The van der Waals surface area contributed by atoms with Gasteiger partial charge < -0.3 is 5.32 Å². The number of halogens is 1. The summed E-state index contributed by atoms with van der Waals surface area (Å²) in [5.74, 6) is -0.0447. The highest BCUT2D eigenvalue weighted by molar-refractivity contribution is 7.90. The Labute approximate surface area is 125 Å². The van der Waals surface area contributed by atoms with Crippen molar-refractivity contribution in [2.75, 3.05) is 38.0 Å². The van der Waals surface area contributed by atoms with E-state index in [2.05, 4.69) is 5.32 Å². The van der Waals surface area contributed by atoms with Crippen LogP contribution < -0.4 is 9.62 Å². The van der Waals surface area contributed by atoms with E-state index in [1.807, 2.05) is 7.05 Å². The third-order valence-corrected chi connectivity index (χ3v) is 5.72. The molecular weight excluding hydrogens is 293 g/mol. The summed E-state index contributed by atoms with van der Waals surface area (Å²) in [4.78, 5) is 0. The quantitative estimate of drug-likeness (QED) is 0.894. The Balaban J connectivity index is 2.14. The minimum absolute atomic E-state index is 0.333. The molecule has 21 heavy (non-hydrogen) atoms. The Morgan fingerprint density at radius 2 is 2.05 bits per heavy atom. The lowest BCUT2D eigenvalue weighted by molar-refractivity contribution is 0.263. The van der Waals surface area contributed by atoms with E-state index in [1.54, 1.807) is 0 Å². The zero-order chi connectivity index (χ0) is 15.5. The van der Waals surface area contributed by atoms with Gasteiger partial charge in [-0.2, -0.15) is 12.7 Å². The van der Waals surface area contributed by atoms with Crippen LogP contribution in [-0.2, 0) is 10.2 Å². The number of hydrogen-bond donors (Lipinski definition) is 1. The predicted octanol–water partition coefficient (Wildman–Crippen LogP) is 1.44. The third-order valence-electron chi connectivity index (χ3n) is 3.84. The molecule has 1 heterocycles. The van der Waals surface area contributed by atoms with Crippen molar-refractivity contribution in [2.45, 2.75) is 12.8 Å². The third kappa shape index (κ3) is 3.72. The first-order valence-corrected chi connectivity index (χ1v) is 8.49. The van der Waals surface area contributed by atoms with E-state index in [-0.39, 0.29) is 5.82 Å². The first kappa shape index (κ1) is 16.2. The lowest BCUT2D eigenvalue weighted by Crippen LogP contribution is -2.48. The van der Waals surface area contributed by atoms with Crippen LogP contribution in [0.15, 0.2) is 24.3 Å². The van der Waals surface area contributed by atoms with Gasteiger partial charge in [-0.1, -0.05) is 0 Å². The van der Waals surface area contributed by atoms with Crippen LogP contribution in [0.3, 0.4) is 0 Å². The lowest BCUT2D eigenvalue weighted by atomic mass is 10.00. The van der Waals surface area contributed by atoms with Gasteiger partial charge in [-0.15, -0.1) is 0 Å². The van der Waals surface area contributed by atoms with E-state index < -0.39 is 10.2 Å². The molecule has 1 aromatic rings. The molecular formula is C14H22FN3O2S. The van der Waals surface area contributed by atoms with E-state index in [1.165, 1.54) is 39.9 Å². The molecule has 2 rings (SSSR count). The fraction of sp³-hybridized carbons (Fsp3) is 0.571. The fourth-order valence-corrected chi connectivity index (χ4v) is 4.14. The lowest BCUT2D eigenvalue weighted by Gasteiger charge is -2.35. The number of piperidine rings is 1. The number of nitrogens with one attached hydrogen (secondary N) is 1. The number of hydrogen-bond acceptors (Lipinski definition) is 3. The Morgan fingerprint density at radius 3 is 2.67 bits per heavy atom. The minimum atomic E-state index is -3.56. The van der Waals surface area contributed by atoms with E-state index >= 15 is 0 Å². The Morgan fingerprint density at radius 1 is 1.38 bits per heavy atom. The van der Waals surface area contributed by atoms with Crippen LogP contribution in [0.4, 0.5) is 10.1 Å². The molecule has 0 radical (unpaired) electrons. The van der Waals surface area contributed by atoms with Crippen LogP contribution in [0, 0.1) is 11.7 Å². The SMILES string of the molecule is CNCC1CCCN(S(=O)(=O)N(C)c2ccc(F)cc2)C1. The van der Waals surface area contributed by atoms with Gasteiger partial charge in [0.1, 0.15) is 5.82 Å². The van der Waals surface area contributed by atoms with Crippen LogP contribution in [-0.4, -0.2) is 46.5 Å². The van der Waals surface area contributed by atoms with Gasteiger partial charge >= 0.3 is 10.2 Å². The Hall–Kier alpha value is -1.18. The molecule has 7 heteroatoms. The molecule has 118 valence electrons. The summed E-state index contributed by atoms with van der Waals surface area (Å²) in [6.07, 6.45) is 1.90. The molecule has 0 amide bonds. The van der Waals surface area contributed by atoms with Gasteiger partial charge in [-0.3, -0.25) is 4.31 Å². The first-order chi connectivity index (χ1) is 9.95. The molecule has 1 atom stereocenters. The molecule has 1 aromatic carbocycles. The molecule has 5 nitrogen and oxygen atoms in total. The van der Waals surface area contributed by atoms with Crippen molar-refractivity contribution in [1.82, 2.24) is 9.62 Å². The van der Waals surface area contributed by atoms with Crippen LogP contribution >= 0.6 is 0 Å². The van der Waals surface area contributed by atoms with Gasteiger partial charge in [-0.25, -0.2) is 4.39 Å². The summed E-state index contributed by atoms with van der Waals surface area (Å²) in [7, 11) is -0.185. The number of anilines is 1. The van der Waals surface area contributed by atoms with E-state index in [0.29, 0.717) is 24.7 Å². The molecule has 1 fully saturated rings. The van der Waals surface area contributed by atoms with Crippen LogP contribution in [0.2, 0.25) is 0 Å². The zero-order valence-electron chi connectivity index (χ0n) is 12.4. The average molecular weight is 315 g/mol. The molecule has 0 bridgehead atoms. The van der Waals surface area contributed by atoms with Gasteiger partial charge in [0, 0.05) is 20.1 Å². The van der Waals surface area contributed by atoms with E-state index in [9.17, 15) is 12.8 Å². The maximum absolute atomic E-state index is 13.0. The molecule has 0 spiro atoms. The van der Waals surface area contributed by atoms with Crippen molar-refractivity contribution in [3.8, 4) is 0 Å². The van der Waals surface area contributed by atoms with Crippen molar-refractivity contribution < 1.29 is 12.8 Å². The summed E-state index contributed by atoms with van der Waals surface area (Å²) in [5, 5.41) is 3.10.